The molecule has 0 heterocycles. The molecule has 0 saturated carbocycles. The number of nitrogens with one attached hydrogen (secondary N) is 1. The fourth-order valence-electron chi connectivity index (χ4n) is 2.04. The normalized spacial score (nSPS) is 11.5. The molecule has 0 saturated heterocycles. The van der Waals surface area contributed by atoms with Gasteiger partial charge < -0.3 is 11.1 Å². The van der Waals surface area contributed by atoms with Crippen molar-refractivity contribution in [2.24, 2.45) is 0 Å². The maximum Gasteiger partial charge on any atom is 0.0604 e. The summed E-state index contributed by atoms with van der Waals surface area (Å²) in [5.74, 6) is 0. The summed E-state index contributed by atoms with van der Waals surface area (Å²) in [5, 5.41) is 3.53. The lowest BCUT2D eigenvalue weighted by atomic mass is 10.0. The number of para-hydroxylation sites is 1. The number of thioether (sulfide) groups is 1. The predicted molar refractivity (Wildman–Crippen MR) is 80.9 cm³/mol. The van der Waals surface area contributed by atoms with Crippen LogP contribution in [0.3, 0.4) is 0 Å². The fourth-order valence-corrected chi connectivity index (χ4v) is 2.84. The second kappa shape index (κ2) is 6.20. The molecule has 17 heavy (non-hydrogen) atoms. The van der Waals surface area contributed by atoms with Gasteiger partial charge in [-0.25, -0.2) is 0 Å². The van der Waals surface area contributed by atoms with Crippen LogP contribution in [0.1, 0.15) is 32.3 Å². The number of hydrogen-bond acceptors (Lipinski definition) is 3. The van der Waals surface area contributed by atoms with Crippen molar-refractivity contribution in [1.82, 2.24) is 0 Å². The topological polar surface area (TPSA) is 38.0 Å². The number of aryl methyl sites for hydroxylation is 1. The molecular weight excluding hydrogens is 228 g/mol. The molecule has 0 aromatic heterocycles. The first-order valence-electron chi connectivity index (χ1n) is 6.22. The van der Waals surface area contributed by atoms with E-state index in [1.165, 1.54) is 18.4 Å². The van der Waals surface area contributed by atoms with Gasteiger partial charge in [-0.3, -0.25) is 0 Å². The molecule has 2 nitrogen and oxygen atoms in total. The Hall–Kier alpha value is -0.830. The standard InChI is InChI=1S/C14H24N2S/c1-5-14(6-2,17-4)10-16-13-11(3)8-7-9-12(13)15/h7-9,16H,5-6,10,15H2,1-4H3. The van der Waals surface area contributed by atoms with Gasteiger partial charge in [0.15, 0.2) is 0 Å². The highest BCUT2D eigenvalue weighted by atomic mass is 32.2. The van der Waals surface area contributed by atoms with Gasteiger partial charge in [-0.15, -0.1) is 0 Å². The molecule has 1 rings (SSSR count). The molecule has 1 aromatic rings. The van der Waals surface area contributed by atoms with Gasteiger partial charge in [-0.1, -0.05) is 26.0 Å². The Morgan fingerprint density at radius 1 is 1.29 bits per heavy atom. The molecule has 0 unspecified atom stereocenters. The monoisotopic (exact) mass is 252 g/mol. The summed E-state index contributed by atoms with van der Waals surface area (Å²) < 4.78 is 0.314. The number of hydrogen-bond donors (Lipinski definition) is 2. The van der Waals surface area contributed by atoms with Crippen LogP contribution in [-0.4, -0.2) is 17.5 Å². The highest BCUT2D eigenvalue weighted by molar-refractivity contribution is 8.00. The van der Waals surface area contributed by atoms with E-state index in [4.69, 9.17) is 5.73 Å². The first kappa shape index (κ1) is 14.2. The number of anilines is 2. The summed E-state index contributed by atoms with van der Waals surface area (Å²) in [6.07, 6.45) is 4.53. The van der Waals surface area contributed by atoms with Gasteiger partial charge in [0, 0.05) is 11.3 Å². The van der Waals surface area contributed by atoms with E-state index in [1.54, 1.807) is 0 Å². The van der Waals surface area contributed by atoms with Crippen LogP contribution >= 0.6 is 11.8 Å². The van der Waals surface area contributed by atoms with Crippen molar-refractivity contribution in [3.8, 4) is 0 Å². The Bertz CT molecular complexity index is 331. The average Bonchev–Trinajstić information content (AvgIpc) is 2.34. The second-order valence-corrected chi connectivity index (χ2v) is 5.76. The van der Waals surface area contributed by atoms with Gasteiger partial charge in [0.2, 0.25) is 0 Å². The van der Waals surface area contributed by atoms with Gasteiger partial charge >= 0.3 is 0 Å². The summed E-state index contributed by atoms with van der Waals surface area (Å²) in [4.78, 5) is 0. The predicted octanol–water partition coefficient (Wildman–Crippen LogP) is 3.91. The first-order chi connectivity index (χ1) is 8.08. The highest BCUT2D eigenvalue weighted by Gasteiger charge is 2.24. The summed E-state index contributed by atoms with van der Waals surface area (Å²) >= 11 is 1.95. The molecule has 0 amide bonds. The van der Waals surface area contributed by atoms with Crippen molar-refractivity contribution in [2.45, 2.75) is 38.4 Å². The maximum absolute atomic E-state index is 6.01. The minimum atomic E-state index is 0.314. The molecule has 0 radical (unpaired) electrons. The van der Waals surface area contributed by atoms with Crippen LogP contribution in [0.5, 0.6) is 0 Å². The Morgan fingerprint density at radius 3 is 2.41 bits per heavy atom. The summed E-state index contributed by atoms with van der Waals surface area (Å²) in [6.45, 7) is 7.57. The number of nitrogen functional groups attached to an aromatic ring is 1. The lowest BCUT2D eigenvalue weighted by Crippen LogP contribution is -2.32. The molecule has 0 spiro atoms. The average molecular weight is 252 g/mol. The van der Waals surface area contributed by atoms with Crippen molar-refractivity contribution in [3.63, 3.8) is 0 Å². The van der Waals surface area contributed by atoms with E-state index in [-0.39, 0.29) is 0 Å². The zero-order chi connectivity index (χ0) is 12.9. The zero-order valence-corrected chi connectivity index (χ0v) is 12.2. The first-order valence-corrected chi connectivity index (χ1v) is 7.45. The van der Waals surface area contributed by atoms with Crippen molar-refractivity contribution < 1.29 is 0 Å². The van der Waals surface area contributed by atoms with Crippen molar-refractivity contribution >= 4 is 23.1 Å². The van der Waals surface area contributed by atoms with Crippen LogP contribution in [0.2, 0.25) is 0 Å². The van der Waals surface area contributed by atoms with Crippen LogP contribution in [0, 0.1) is 6.92 Å². The Labute approximate surface area is 109 Å². The van der Waals surface area contributed by atoms with Gasteiger partial charge in [-0.05, 0) is 37.7 Å². The molecule has 0 fully saturated rings. The molecule has 1 aromatic carbocycles. The van der Waals surface area contributed by atoms with E-state index in [1.807, 2.05) is 23.9 Å². The molecule has 96 valence electrons. The third kappa shape index (κ3) is 3.32. The van der Waals surface area contributed by atoms with E-state index < -0.39 is 0 Å². The lowest BCUT2D eigenvalue weighted by molar-refractivity contribution is 0.574. The smallest absolute Gasteiger partial charge is 0.0604 e. The van der Waals surface area contributed by atoms with E-state index in [0.717, 1.165) is 17.9 Å². The Morgan fingerprint density at radius 2 is 1.94 bits per heavy atom. The van der Waals surface area contributed by atoms with Crippen molar-refractivity contribution in [1.29, 1.82) is 0 Å². The second-order valence-electron chi connectivity index (χ2n) is 4.49. The fraction of sp³-hybridized carbons (Fsp3) is 0.571. The van der Waals surface area contributed by atoms with E-state index in [9.17, 15) is 0 Å². The molecule has 3 heteroatoms. The van der Waals surface area contributed by atoms with Gasteiger partial charge in [0.1, 0.15) is 0 Å². The molecule has 3 N–H and O–H groups in total. The van der Waals surface area contributed by atoms with Gasteiger partial charge in [-0.2, -0.15) is 11.8 Å². The molecule has 0 bridgehead atoms. The van der Waals surface area contributed by atoms with Crippen LogP contribution in [0.15, 0.2) is 18.2 Å². The number of nitrogens with two attached hydrogens (primary N) is 1. The third-order valence-corrected chi connectivity index (χ3v) is 5.20. The number of rotatable bonds is 6. The van der Waals surface area contributed by atoms with Crippen LogP contribution in [-0.2, 0) is 0 Å². The summed E-state index contributed by atoms with van der Waals surface area (Å²) in [5.41, 5.74) is 9.15. The molecule has 0 aliphatic rings. The van der Waals surface area contributed by atoms with E-state index >= 15 is 0 Å². The van der Waals surface area contributed by atoms with Crippen molar-refractivity contribution in [2.75, 3.05) is 23.9 Å². The van der Waals surface area contributed by atoms with Crippen molar-refractivity contribution in [3.05, 3.63) is 23.8 Å². The summed E-state index contributed by atoms with van der Waals surface area (Å²) in [7, 11) is 0. The highest BCUT2D eigenvalue weighted by Crippen LogP contribution is 2.32. The van der Waals surface area contributed by atoms with E-state index in [0.29, 0.717) is 4.75 Å². The lowest BCUT2D eigenvalue weighted by Gasteiger charge is -2.31. The van der Waals surface area contributed by atoms with E-state index in [2.05, 4.69) is 38.4 Å². The van der Waals surface area contributed by atoms with Gasteiger partial charge in [0.25, 0.3) is 0 Å². The van der Waals surface area contributed by atoms with Crippen LogP contribution < -0.4 is 11.1 Å². The molecule has 0 aliphatic heterocycles. The molecular formula is C14H24N2S. The Balaban J connectivity index is 2.79. The Kier molecular flexibility index (Phi) is 5.19. The zero-order valence-electron chi connectivity index (χ0n) is 11.3. The van der Waals surface area contributed by atoms with Gasteiger partial charge in [0.05, 0.1) is 11.4 Å². The maximum atomic E-state index is 6.01. The summed E-state index contributed by atoms with van der Waals surface area (Å²) in [6, 6.07) is 6.04. The molecule has 0 aliphatic carbocycles. The van der Waals surface area contributed by atoms with Crippen LogP contribution in [0.4, 0.5) is 11.4 Å². The minimum absolute atomic E-state index is 0.314. The third-order valence-electron chi connectivity index (χ3n) is 3.61. The molecule has 0 atom stereocenters. The quantitative estimate of drug-likeness (QED) is 0.754. The number of benzene rings is 1. The largest absolute Gasteiger partial charge is 0.397 e. The minimum Gasteiger partial charge on any atom is -0.397 e. The SMILES string of the molecule is CCC(CC)(CNc1c(C)cccc1N)SC. The van der Waals surface area contributed by atoms with Crippen LogP contribution in [0.25, 0.3) is 0 Å².